The molecule has 0 amide bonds. The molecule has 35 heavy (non-hydrogen) atoms. The molecular weight excluding hydrogens is 525 g/mol. The number of aromatic nitrogens is 2. The van der Waals surface area contributed by atoms with Crippen molar-refractivity contribution in [2.45, 2.75) is 63.6 Å². The van der Waals surface area contributed by atoms with Gasteiger partial charge in [-0.05, 0) is 38.5 Å². The van der Waals surface area contributed by atoms with Crippen molar-refractivity contribution in [2.24, 2.45) is 4.99 Å². The molecule has 5 atom stereocenters. The highest BCUT2D eigenvalue weighted by molar-refractivity contribution is 9.10. The number of benzene rings is 1. The Morgan fingerprint density at radius 1 is 1.26 bits per heavy atom. The number of nitrogen functional groups attached to an aromatic ring is 1. The standard InChI is InChI=1S/C23H27BrFN5O5/c1-10-17-15(29-22(26)27-10)8-14(12-6-5-11(25)7-13(12)24)28-20(17)30-32-9-16-18-19(21(31-4)33-16)35-23(2,3)34-18/h5-7,14,16,18-19,21H,8-9H2,1-4H3,(H,28,30)(H2,26,27,29)/t14-,16-,18-,19-,21-/m1/s1. The molecule has 1 aromatic carbocycles. The second-order valence-corrected chi connectivity index (χ2v) is 9.96. The van der Waals surface area contributed by atoms with Crippen LogP contribution in [0.2, 0.25) is 0 Å². The second kappa shape index (κ2) is 9.34. The van der Waals surface area contributed by atoms with Crippen LogP contribution < -0.4 is 11.2 Å². The summed E-state index contributed by atoms with van der Waals surface area (Å²) in [5.41, 5.74) is 11.8. The van der Waals surface area contributed by atoms with Gasteiger partial charge in [-0.15, -0.1) is 0 Å². The molecule has 0 saturated carbocycles. The van der Waals surface area contributed by atoms with Crippen molar-refractivity contribution in [3.05, 3.63) is 51.0 Å². The fourth-order valence-electron chi connectivity index (χ4n) is 4.75. The SMILES string of the molecule is CO[C@@H]1O[C@H](CONC2=N[C@@H](c3ccc(F)cc3Br)Cc3nc(N)nc(C)c32)[C@H]2OC(C)(C)O[C@@H]12. The highest BCUT2D eigenvalue weighted by Gasteiger charge is 2.55. The number of rotatable bonds is 5. The van der Waals surface area contributed by atoms with Crippen molar-refractivity contribution in [1.29, 1.82) is 0 Å². The zero-order valence-electron chi connectivity index (χ0n) is 19.7. The summed E-state index contributed by atoms with van der Waals surface area (Å²) in [5.74, 6) is -0.447. The molecule has 2 aromatic rings. The molecule has 0 bridgehead atoms. The van der Waals surface area contributed by atoms with Gasteiger partial charge in [0.15, 0.2) is 17.9 Å². The highest BCUT2D eigenvalue weighted by atomic mass is 79.9. The maximum Gasteiger partial charge on any atom is 0.220 e. The summed E-state index contributed by atoms with van der Waals surface area (Å²) >= 11 is 3.44. The third kappa shape index (κ3) is 4.78. The second-order valence-electron chi connectivity index (χ2n) is 9.11. The lowest BCUT2D eigenvalue weighted by atomic mass is 9.95. The molecule has 188 valence electrons. The molecule has 2 fully saturated rings. The molecule has 0 radical (unpaired) electrons. The molecule has 3 N–H and O–H groups in total. The first-order valence-electron chi connectivity index (χ1n) is 11.2. The van der Waals surface area contributed by atoms with E-state index in [1.807, 2.05) is 20.8 Å². The first-order valence-corrected chi connectivity index (χ1v) is 12.0. The van der Waals surface area contributed by atoms with Crippen LogP contribution in [-0.4, -0.2) is 59.9 Å². The Morgan fingerprint density at radius 3 is 2.77 bits per heavy atom. The number of nitrogens with two attached hydrogens (primary N) is 1. The maximum absolute atomic E-state index is 13.7. The van der Waals surface area contributed by atoms with E-state index >= 15 is 0 Å². The van der Waals surface area contributed by atoms with Gasteiger partial charge in [0.1, 0.15) is 30.7 Å². The lowest BCUT2D eigenvalue weighted by molar-refractivity contribution is -0.232. The molecule has 0 spiro atoms. The zero-order valence-corrected chi connectivity index (χ0v) is 21.3. The number of aryl methyl sites for hydroxylation is 1. The van der Waals surface area contributed by atoms with Crippen LogP contribution >= 0.6 is 15.9 Å². The van der Waals surface area contributed by atoms with Gasteiger partial charge in [0.25, 0.3) is 0 Å². The Hall–Kier alpha value is -2.22. The van der Waals surface area contributed by atoms with Crippen molar-refractivity contribution in [3.8, 4) is 0 Å². The number of amidine groups is 1. The van der Waals surface area contributed by atoms with Gasteiger partial charge in [-0.1, -0.05) is 22.0 Å². The Kier molecular flexibility index (Phi) is 6.53. The van der Waals surface area contributed by atoms with Gasteiger partial charge in [-0.2, -0.15) is 0 Å². The number of hydroxylamine groups is 1. The molecule has 5 rings (SSSR count). The van der Waals surface area contributed by atoms with Gasteiger partial charge in [-0.3, -0.25) is 9.83 Å². The molecule has 2 saturated heterocycles. The Morgan fingerprint density at radius 2 is 2.03 bits per heavy atom. The molecule has 3 aliphatic rings. The molecule has 10 nitrogen and oxygen atoms in total. The van der Waals surface area contributed by atoms with Crippen LogP contribution in [-0.2, 0) is 30.2 Å². The number of halogens is 2. The van der Waals surface area contributed by atoms with Crippen molar-refractivity contribution in [1.82, 2.24) is 15.4 Å². The minimum atomic E-state index is -0.738. The summed E-state index contributed by atoms with van der Waals surface area (Å²) in [6.07, 6.45) is -1.19. The maximum atomic E-state index is 13.7. The van der Waals surface area contributed by atoms with E-state index in [9.17, 15) is 4.39 Å². The first kappa shape index (κ1) is 24.5. The van der Waals surface area contributed by atoms with Crippen LogP contribution in [0.5, 0.6) is 0 Å². The Bertz CT molecular complexity index is 1170. The van der Waals surface area contributed by atoms with Gasteiger partial charge < -0.3 is 24.7 Å². The largest absolute Gasteiger partial charge is 0.368 e. The first-order chi connectivity index (χ1) is 16.6. The number of hydrogen-bond donors (Lipinski definition) is 2. The minimum absolute atomic E-state index is 0.147. The number of fused-ring (bicyclic) bond motifs is 2. The summed E-state index contributed by atoms with van der Waals surface area (Å²) in [6.45, 7) is 5.69. The van der Waals surface area contributed by atoms with E-state index in [2.05, 4.69) is 31.4 Å². The number of anilines is 1. The van der Waals surface area contributed by atoms with Crippen molar-refractivity contribution in [3.63, 3.8) is 0 Å². The van der Waals surface area contributed by atoms with E-state index < -0.39 is 18.2 Å². The van der Waals surface area contributed by atoms with Crippen LogP contribution in [0.25, 0.3) is 0 Å². The van der Waals surface area contributed by atoms with E-state index in [0.717, 1.165) is 16.8 Å². The fourth-order valence-corrected chi connectivity index (χ4v) is 5.36. The van der Waals surface area contributed by atoms with Crippen LogP contribution in [0.1, 0.15) is 42.4 Å². The van der Waals surface area contributed by atoms with Gasteiger partial charge >= 0.3 is 0 Å². The monoisotopic (exact) mass is 551 g/mol. The third-order valence-corrected chi connectivity index (χ3v) is 6.85. The van der Waals surface area contributed by atoms with E-state index in [4.69, 9.17) is 34.5 Å². The molecule has 3 aliphatic heterocycles. The number of nitrogens with zero attached hydrogens (tertiary/aromatic N) is 3. The van der Waals surface area contributed by atoms with Crippen molar-refractivity contribution >= 4 is 27.7 Å². The molecule has 0 unspecified atom stereocenters. The minimum Gasteiger partial charge on any atom is -0.368 e. The van der Waals surface area contributed by atoms with Crippen LogP contribution in [0.15, 0.2) is 27.7 Å². The normalized spacial score (nSPS) is 29.0. The predicted molar refractivity (Wildman–Crippen MR) is 127 cm³/mol. The van der Waals surface area contributed by atoms with Gasteiger partial charge in [0, 0.05) is 18.0 Å². The fraction of sp³-hybridized carbons (Fsp3) is 0.522. The van der Waals surface area contributed by atoms with E-state index in [1.54, 1.807) is 13.2 Å². The Balaban J connectivity index is 1.37. The van der Waals surface area contributed by atoms with Crippen LogP contribution in [0.4, 0.5) is 10.3 Å². The van der Waals surface area contributed by atoms with Gasteiger partial charge in [-0.25, -0.2) is 19.8 Å². The average molecular weight is 552 g/mol. The lowest BCUT2D eigenvalue weighted by Gasteiger charge is -2.26. The van der Waals surface area contributed by atoms with E-state index in [0.29, 0.717) is 22.4 Å². The number of ether oxygens (including phenoxy) is 4. The quantitative estimate of drug-likeness (QED) is 0.540. The number of aliphatic imine (C=N–C) groups is 1. The predicted octanol–water partition coefficient (Wildman–Crippen LogP) is 2.73. The summed E-state index contributed by atoms with van der Waals surface area (Å²) in [6, 6.07) is 4.17. The van der Waals surface area contributed by atoms with Crippen molar-refractivity contribution < 1.29 is 28.2 Å². The topological polar surface area (TPSA) is 122 Å². The third-order valence-electron chi connectivity index (χ3n) is 6.17. The molecule has 0 aliphatic carbocycles. The zero-order chi connectivity index (χ0) is 24.9. The van der Waals surface area contributed by atoms with Crippen molar-refractivity contribution in [2.75, 3.05) is 19.5 Å². The highest BCUT2D eigenvalue weighted by Crippen LogP contribution is 2.39. The smallest absolute Gasteiger partial charge is 0.220 e. The number of nitrogens with one attached hydrogen (secondary N) is 1. The number of hydrogen-bond acceptors (Lipinski definition) is 10. The van der Waals surface area contributed by atoms with Crippen LogP contribution in [0.3, 0.4) is 0 Å². The van der Waals surface area contributed by atoms with E-state index in [-0.39, 0.29) is 36.6 Å². The lowest BCUT2D eigenvalue weighted by Crippen LogP contribution is -2.38. The molecule has 1 aromatic heterocycles. The summed E-state index contributed by atoms with van der Waals surface area (Å²) in [7, 11) is 1.56. The molecule has 12 heteroatoms. The Labute approximate surface area is 210 Å². The summed E-state index contributed by atoms with van der Waals surface area (Å²) < 4.78 is 37.6. The summed E-state index contributed by atoms with van der Waals surface area (Å²) in [4.78, 5) is 19.4. The molecular formula is C23H27BrFN5O5. The number of methoxy groups -OCH3 is 1. The van der Waals surface area contributed by atoms with Crippen LogP contribution in [0, 0.1) is 12.7 Å². The van der Waals surface area contributed by atoms with Gasteiger partial charge in [0.2, 0.25) is 5.95 Å². The molecule has 4 heterocycles. The van der Waals surface area contributed by atoms with Gasteiger partial charge in [0.05, 0.1) is 23.0 Å². The summed E-state index contributed by atoms with van der Waals surface area (Å²) in [5, 5.41) is 0. The average Bonchev–Trinajstić information content (AvgIpc) is 3.25. The van der Waals surface area contributed by atoms with E-state index in [1.165, 1.54) is 12.1 Å².